The lowest BCUT2D eigenvalue weighted by molar-refractivity contribution is -0.605. The Morgan fingerprint density at radius 1 is 1.48 bits per heavy atom. The van der Waals surface area contributed by atoms with Crippen molar-refractivity contribution in [3.8, 4) is 5.69 Å². The van der Waals surface area contributed by atoms with E-state index in [4.69, 9.17) is 11.6 Å². The lowest BCUT2D eigenvalue weighted by atomic mass is 10.3. The number of anilines is 1. The molecule has 0 saturated carbocycles. The third-order valence-corrected chi connectivity index (χ3v) is 5.03. The van der Waals surface area contributed by atoms with Crippen LogP contribution in [0.4, 0.5) is 18.9 Å². The van der Waals surface area contributed by atoms with Crippen molar-refractivity contribution in [1.29, 1.82) is 0 Å². The molecule has 2 heterocycles. The van der Waals surface area contributed by atoms with Crippen molar-refractivity contribution in [2.45, 2.75) is 19.5 Å². The topological polar surface area (TPSA) is 82.1 Å². The Labute approximate surface area is 160 Å². The first kappa shape index (κ1) is 21.2. The van der Waals surface area contributed by atoms with Crippen molar-refractivity contribution in [3.05, 3.63) is 41.1 Å². The van der Waals surface area contributed by atoms with Gasteiger partial charge in [0.1, 0.15) is 17.1 Å². The number of hydrogen-bond acceptors (Lipinski definition) is 4. The average Bonchev–Trinajstić information content (AvgIpc) is 2.94. The van der Waals surface area contributed by atoms with Crippen LogP contribution >= 0.6 is 11.6 Å². The lowest BCUT2D eigenvalue weighted by Gasteiger charge is -2.19. The molecule has 1 amide bonds. The first-order chi connectivity index (χ1) is 12.6. The van der Waals surface area contributed by atoms with Gasteiger partial charge >= 0.3 is 6.18 Å². The van der Waals surface area contributed by atoms with E-state index < -0.39 is 34.4 Å². The highest BCUT2D eigenvalue weighted by Crippen LogP contribution is 2.26. The van der Waals surface area contributed by atoms with E-state index in [1.54, 1.807) is 13.0 Å². The van der Waals surface area contributed by atoms with Crippen molar-refractivity contribution in [3.63, 3.8) is 0 Å². The van der Waals surface area contributed by atoms with E-state index in [1.807, 2.05) is 0 Å². The zero-order chi connectivity index (χ0) is 20.2. The Morgan fingerprint density at radius 3 is 2.78 bits per heavy atom. The molecular formula is C15H16ClF3N4O3S. The summed E-state index contributed by atoms with van der Waals surface area (Å²) in [4.78, 5) is 13.6. The van der Waals surface area contributed by atoms with E-state index in [2.05, 4.69) is 5.10 Å². The fraction of sp³-hybridized carbons (Fsp3) is 0.400. The maximum absolute atomic E-state index is 12.4. The SMILES string of the molecule is CCN(C(=O)CCS(=O)CC(F)(F)F)c1cn(-c2ccc[n+]([O-])c2)nc1Cl. The summed E-state index contributed by atoms with van der Waals surface area (Å²) < 4.78 is 50.0. The Balaban J connectivity index is 2.13. The van der Waals surface area contributed by atoms with Crippen LogP contribution in [0, 0.1) is 5.21 Å². The van der Waals surface area contributed by atoms with Crippen LogP contribution in [0.3, 0.4) is 0 Å². The van der Waals surface area contributed by atoms with Gasteiger partial charge in [-0.3, -0.25) is 9.00 Å². The molecule has 0 saturated heterocycles. The molecule has 1 unspecified atom stereocenters. The van der Waals surface area contributed by atoms with Crippen LogP contribution in [-0.2, 0) is 15.6 Å². The van der Waals surface area contributed by atoms with Crippen molar-refractivity contribution in [1.82, 2.24) is 9.78 Å². The van der Waals surface area contributed by atoms with Gasteiger partial charge in [0.2, 0.25) is 12.1 Å². The highest BCUT2D eigenvalue weighted by atomic mass is 35.5. The number of amides is 1. The molecule has 2 aromatic rings. The number of halogens is 4. The van der Waals surface area contributed by atoms with Crippen LogP contribution in [0.1, 0.15) is 13.3 Å². The number of carbonyl (C=O) groups is 1. The van der Waals surface area contributed by atoms with Gasteiger partial charge in [-0.2, -0.15) is 23.0 Å². The van der Waals surface area contributed by atoms with Gasteiger partial charge in [-0.25, -0.2) is 4.68 Å². The molecule has 1 atom stereocenters. The van der Waals surface area contributed by atoms with Crippen LogP contribution in [0.25, 0.3) is 5.69 Å². The third-order valence-electron chi connectivity index (χ3n) is 3.45. The van der Waals surface area contributed by atoms with Crippen LogP contribution in [-0.4, -0.2) is 44.1 Å². The Bertz CT molecular complexity index is 844. The second kappa shape index (κ2) is 8.70. The summed E-state index contributed by atoms with van der Waals surface area (Å²) in [5.74, 6) is -2.38. The van der Waals surface area contributed by atoms with Gasteiger partial charge in [0, 0.05) is 35.6 Å². The molecule has 0 radical (unpaired) electrons. The van der Waals surface area contributed by atoms with Crippen molar-refractivity contribution in [2.75, 3.05) is 23.0 Å². The van der Waals surface area contributed by atoms with Crippen LogP contribution in [0.2, 0.25) is 5.15 Å². The van der Waals surface area contributed by atoms with Crippen molar-refractivity contribution < 1.29 is 26.9 Å². The molecule has 0 N–H and O–H groups in total. The van der Waals surface area contributed by atoms with E-state index >= 15 is 0 Å². The first-order valence-corrected chi connectivity index (χ1v) is 9.63. The van der Waals surface area contributed by atoms with Gasteiger partial charge in [0.05, 0.1) is 6.20 Å². The van der Waals surface area contributed by atoms with Crippen molar-refractivity contribution >= 4 is 34.0 Å². The molecule has 0 fully saturated rings. The zero-order valence-corrected chi connectivity index (χ0v) is 15.7. The van der Waals surface area contributed by atoms with Gasteiger partial charge in [0.15, 0.2) is 11.3 Å². The Hall–Kier alpha value is -2.14. The fourth-order valence-electron chi connectivity index (χ4n) is 2.31. The van der Waals surface area contributed by atoms with Gasteiger partial charge in [-0.15, -0.1) is 0 Å². The predicted octanol–water partition coefficient (Wildman–Crippen LogP) is 2.21. The normalized spacial score (nSPS) is 12.8. The smallest absolute Gasteiger partial charge is 0.400 e. The van der Waals surface area contributed by atoms with E-state index in [0.717, 1.165) is 0 Å². The standard InChI is InChI=1S/C15H16ClF3N4O3S/c1-2-22(13(24)5-7-27(26)10-15(17,18)19)12-9-23(20-14(12)16)11-4-3-6-21(25)8-11/h3-4,6,8-9H,2,5,7,10H2,1H3. The molecular weight excluding hydrogens is 409 g/mol. The summed E-state index contributed by atoms with van der Waals surface area (Å²) >= 11 is 6.08. The molecule has 27 heavy (non-hydrogen) atoms. The molecule has 2 aromatic heterocycles. The largest absolute Gasteiger partial charge is 0.619 e. The number of pyridine rings is 1. The number of nitrogens with zero attached hydrogens (tertiary/aromatic N) is 4. The minimum absolute atomic E-state index is 0.0112. The highest BCUT2D eigenvalue weighted by molar-refractivity contribution is 7.85. The highest BCUT2D eigenvalue weighted by Gasteiger charge is 2.31. The fourth-order valence-corrected chi connectivity index (χ4v) is 3.45. The Morgan fingerprint density at radius 2 is 2.19 bits per heavy atom. The number of hydrogen-bond donors (Lipinski definition) is 0. The van der Waals surface area contributed by atoms with E-state index in [1.165, 1.54) is 34.2 Å². The van der Waals surface area contributed by atoms with Crippen molar-refractivity contribution in [2.24, 2.45) is 0 Å². The number of alkyl halides is 3. The lowest BCUT2D eigenvalue weighted by Crippen LogP contribution is -2.32. The molecule has 0 aliphatic carbocycles. The predicted molar refractivity (Wildman–Crippen MR) is 94.1 cm³/mol. The minimum Gasteiger partial charge on any atom is -0.619 e. The van der Waals surface area contributed by atoms with Gasteiger partial charge in [-0.05, 0) is 13.0 Å². The molecule has 0 spiro atoms. The van der Waals surface area contributed by atoms with E-state index in [9.17, 15) is 27.4 Å². The molecule has 7 nitrogen and oxygen atoms in total. The number of aromatic nitrogens is 3. The zero-order valence-electron chi connectivity index (χ0n) is 14.1. The molecule has 0 bridgehead atoms. The quantitative estimate of drug-likeness (QED) is 0.504. The average molecular weight is 425 g/mol. The number of rotatable bonds is 7. The maximum Gasteiger partial charge on any atom is 0.400 e. The van der Waals surface area contributed by atoms with Gasteiger partial charge in [0.25, 0.3) is 0 Å². The van der Waals surface area contributed by atoms with E-state index in [0.29, 0.717) is 10.4 Å². The maximum atomic E-state index is 12.4. The summed E-state index contributed by atoms with van der Waals surface area (Å²) in [7, 11) is -2.18. The molecule has 2 rings (SSSR count). The van der Waals surface area contributed by atoms with Crippen LogP contribution in [0.5, 0.6) is 0 Å². The number of carbonyl (C=O) groups excluding carboxylic acids is 1. The molecule has 0 aromatic carbocycles. The van der Waals surface area contributed by atoms with E-state index in [-0.39, 0.29) is 23.8 Å². The van der Waals surface area contributed by atoms with Crippen LogP contribution < -0.4 is 9.63 Å². The second-order valence-electron chi connectivity index (χ2n) is 5.46. The summed E-state index contributed by atoms with van der Waals surface area (Å²) in [6.45, 7) is 1.85. The second-order valence-corrected chi connectivity index (χ2v) is 7.40. The summed E-state index contributed by atoms with van der Waals surface area (Å²) in [6, 6.07) is 3.12. The van der Waals surface area contributed by atoms with Crippen LogP contribution in [0.15, 0.2) is 30.7 Å². The Kier molecular flexibility index (Phi) is 6.82. The third kappa shape index (κ3) is 5.93. The monoisotopic (exact) mass is 424 g/mol. The molecule has 0 aliphatic heterocycles. The first-order valence-electron chi connectivity index (χ1n) is 7.77. The van der Waals surface area contributed by atoms with Gasteiger partial charge < -0.3 is 10.1 Å². The molecule has 12 heteroatoms. The summed E-state index contributed by atoms with van der Waals surface area (Å²) in [6.07, 6.45) is -0.892. The van der Waals surface area contributed by atoms with Gasteiger partial charge in [-0.1, -0.05) is 11.6 Å². The summed E-state index contributed by atoms with van der Waals surface area (Å²) in [5, 5.41) is 15.4. The molecule has 148 valence electrons. The minimum atomic E-state index is -4.54. The molecule has 0 aliphatic rings. The summed E-state index contributed by atoms with van der Waals surface area (Å²) in [5.41, 5.74) is 0.655.